The van der Waals surface area contributed by atoms with E-state index < -0.39 is 18.2 Å². The summed E-state index contributed by atoms with van der Waals surface area (Å²) in [5.74, 6) is -0.173. The van der Waals surface area contributed by atoms with Gasteiger partial charge in [-0.3, -0.25) is 9.69 Å². The van der Waals surface area contributed by atoms with Gasteiger partial charge in [0, 0.05) is 12.7 Å². The largest absolute Gasteiger partial charge is 0.508 e. The van der Waals surface area contributed by atoms with Crippen molar-refractivity contribution >= 4 is 5.78 Å². The van der Waals surface area contributed by atoms with Gasteiger partial charge in [0.25, 0.3) is 0 Å². The van der Waals surface area contributed by atoms with Gasteiger partial charge in [0.2, 0.25) is 0 Å². The second kappa shape index (κ2) is 6.91. The summed E-state index contributed by atoms with van der Waals surface area (Å²) in [5.41, 5.74) is 0.460. The molecule has 0 aliphatic heterocycles. The van der Waals surface area contributed by atoms with Gasteiger partial charge in [-0.1, -0.05) is 6.08 Å². The molecule has 0 fully saturated rings. The molecule has 6 nitrogen and oxygen atoms in total. The summed E-state index contributed by atoms with van der Waals surface area (Å²) < 4.78 is 10.8. The summed E-state index contributed by atoms with van der Waals surface area (Å²) in [7, 11) is 3.34. The average Bonchev–Trinajstić information content (AvgIpc) is 2.94. The van der Waals surface area contributed by atoms with Crippen molar-refractivity contribution in [2.45, 2.75) is 25.8 Å². The predicted molar refractivity (Wildman–Crippen MR) is 79.9 cm³/mol. The number of rotatable bonds is 6. The number of hydrogen-bond donors (Lipinski definition) is 2. The Morgan fingerprint density at radius 3 is 2.77 bits per heavy atom. The first-order chi connectivity index (χ1) is 10.4. The Balaban J connectivity index is 2.23. The molecule has 2 rings (SSSR count). The molecule has 3 unspecified atom stereocenters. The fourth-order valence-corrected chi connectivity index (χ4v) is 2.58. The Morgan fingerprint density at radius 2 is 2.23 bits per heavy atom. The summed E-state index contributed by atoms with van der Waals surface area (Å²) in [4.78, 5) is 13.5. The van der Waals surface area contributed by atoms with Gasteiger partial charge >= 0.3 is 0 Å². The Morgan fingerprint density at radius 1 is 1.50 bits per heavy atom. The molecule has 2 N–H and O–H groups in total. The van der Waals surface area contributed by atoms with Crippen LogP contribution in [0.3, 0.4) is 0 Å². The Labute approximate surface area is 129 Å². The summed E-state index contributed by atoms with van der Waals surface area (Å²) >= 11 is 0. The number of ketones is 1. The number of Topliss-reactive ketones (excluding diaryl/α,β-unsaturated/α-hetero) is 1. The molecule has 1 aromatic rings. The maximum absolute atomic E-state index is 11.6. The molecule has 0 amide bonds. The Kier molecular flexibility index (Phi) is 5.18. The maximum Gasteiger partial charge on any atom is 0.139 e. The molecule has 1 aliphatic carbocycles. The van der Waals surface area contributed by atoms with Crippen molar-refractivity contribution in [3.63, 3.8) is 0 Å². The molecule has 0 saturated carbocycles. The number of nitrogens with zero attached hydrogens (tertiary/aromatic N) is 1. The number of hydrogen-bond acceptors (Lipinski definition) is 6. The van der Waals surface area contributed by atoms with E-state index in [9.17, 15) is 15.0 Å². The van der Waals surface area contributed by atoms with Crippen molar-refractivity contribution in [3.8, 4) is 0 Å². The number of carbonyl (C=O) groups is 1. The first-order valence-corrected chi connectivity index (χ1v) is 7.00. The molecule has 6 heteroatoms. The normalized spacial score (nSPS) is 23.1. The van der Waals surface area contributed by atoms with Crippen LogP contribution in [0, 0.1) is 5.92 Å². The number of likely N-dealkylation sites (N-methyl/N-ethyl adjacent to an activating group) is 1. The zero-order valence-corrected chi connectivity index (χ0v) is 12.9. The lowest BCUT2D eigenvalue weighted by Gasteiger charge is -2.31. The topological polar surface area (TPSA) is 83.1 Å². The van der Waals surface area contributed by atoms with Crippen molar-refractivity contribution in [1.82, 2.24) is 4.90 Å². The van der Waals surface area contributed by atoms with E-state index in [1.807, 2.05) is 18.0 Å². The van der Waals surface area contributed by atoms with E-state index in [4.69, 9.17) is 9.15 Å². The third-order valence-electron chi connectivity index (χ3n) is 3.70. The van der Waals surface area contributed by atoms with Crippen LogP contribution in [-0.4, -0.2) is 47.4 Å². The van der Waals surface area contributed by atoms with Crippen LogP contribution in [0.15, 0.2) is 46.3 Å². The molecule has 0 spiro atoms. The highest BCUT2D eigenvalue weighted by Crippen LogP contribution is 2.28. The second-order valence-corrected chi connectivity index (χ2v) is 5.38. The first-order valence-electron chi connectivity index (χ1n) is 7.00. The highest BCUT2D eigenvalue weighted by atomic mass is 16.5. The standard InChI is InChI=1S/C16H21NO5/c1-10(18)12-7-13(15(20)8-14(12)19)16(21-3)17(2)9-11-5-4-6-22-11/h4-8,12,14,16,19-20H,9H2,1-3H3. The number of furan rings is 1. The molecule has 1 aromatic heterocycles. The summed E-state index contributed by atoms with van der Waals surface area (Å²) in [5, 5.41) is 20.0. The van der Waals surface area contributed by atoms with E-state index in [1.54, 1.807) is 18.4 Å². The number of carbonyl (C=O) groups excluding carboxylic acids is 1. The highest BCUT2D eigenvalue weighted by Gasteiger charge is 2.31. The van der Waals surface area contributed by atoms with Gasteiger partial charge in [-0.15, -0.1) is 0 Å². The highest BCUT2D eigenvalue weighted by molar-refractivity contribution is 5.81. The molecule has 0 radical (unpaired) electrons. The van der Waals surface area contributed by atoms with Gasteiger partial charge in [0.1, 0.15) is 23.5 Å². The summed E-state index contributed by atoms with van der Waals surface area (Å²) in [6, 6.07) is 3.64. The summed E-state index contributed by atoms with van der Waals surface area (Å²) in [6.45, 7) is 1.88. The number of aliphatic hydroxyl groups excluding tert-OH is 2. The molecule has 0 aromatic carbocycles. The van der Waals surface area contributed by atoms with Crippen LogP contribution in [0.2, 0.25) is 0 Å². The summed E-state index contributed by atoms with van der Waals surface area (Å²) in [6.07, 6.45) is 2.85. The molecular formula is C16H21NO5. The van der Waals surface area contributed by atoms with Crippen LogP contribution < -0.4 is 0 Å². The number of ether oxygens (including phenoxy) is 1. The van der Waals surface area contributed by atoms with Gasteiger partial charge < -0.3 is 19.4 Å². The van der Waals surface area contributed by atoms with Gasteiger partial charge in [-0.05, 0) is 32.2 Å². The van der Waals surface area contributed by atoms with E-state index in [0.29, 0.717) is 12.1 Å². The van der Waals surface area contributed by atoms with E-state index in [2.05, 4.69) is 0 Å². The minimum atomic E-state index is -1.02. The molecule has 22 heavy (non-hydrogen) atoms. The molecule has 1 heterocycles. The molecule has 0 saturated heterocycles. The fourth-order valence-electron chi connectivity index (χ4n) is 2.58. The smallest absolute Gasteiger partial charge is 0.139 e. The van der Waals surface area contributed by atoms with Crippen LogP contribution in [0.4, 0.5) is 0 Å². The maximum atomic E-state index is 11.6. The SMILES string of the molecule is COC(C1=CC(C(C)=O)C(O)C=C1O)N(C)Cc1ccco1. The third kappa shape index (κ3) is 3.47. The lowest BCUT2D eigenvalue weighted by molar-refractivity contribution is -0.121. The number of methoxy groups -OCH3 is 1. The van der Waals surface area contributed by atoms with E-state index in [-0.39, 0.29) is 11.5 Å². The monoisotopic (exact) mass is 307 g/mol. The lowest BCUT2D eigenvalue weighted by atomic mass is 9.88. The zero-order chi connectivity index (χ0) is 16.3. The zero-order valence-electron chi connectivity index (χ0n) is 12.9. The average molecular weight is 307 g/mol. The first kappa shape index (κ1) is 16.5. The second-order valence-electron chi connectivity index (χ2n) is 5.38. The fraction of sp³-hybridized carbons (Fsp3) is 0.438. The Hall–Kier alpha value is -1.89. The Bertz CT molecular complexity index is 575. The molecule has 0 bridgehead atoms. The van der Waals surface area contributed by atoms with Crippen LogP contribution in [0.5, 0.6) is 0 Å². The van der Waals surface area contributed by atoms with Crippen molar-refractivity contribution in [2.75, 3.05) is 14.2 Å². The predicted octanol–water partition coefficient (Wildman–Crippen LogP) is 1.63. The van der Waals surface area contributed by atoms with Gasteiger partial charge in [-0.2, -0.15) is 0 Å². The minimum Gasteiger partial charge on any atom is -0.508 e. The van der Waals surface area contributed by atoms with E-state index >= 15 is 0 Å². The van der Waals surface area contributed by atoms with Crippen LogP contribution in [0.25, 0.3) is 0 Å². The third-order valence-corrected chi connectivity index (χ3v) is 3.70. The van der Waals surface area contributed by atoms with Crippen LogP contribution in [0.1, 0.15) is 12.7 Å². The van der Waals surface area contributed by atoms with Crippen molar-refractivity contribution in [3.05, 3.63) is 47.6 Å². The molecule has 3 atom stereocenters. The van der Waals surface area contributed by atoms with Crippen molar-refractivity contribution in [2.24, 2.45) is 5.92 Å². The van der Waals surface area contributed by atoms with Crippen molar-refractivity contribution < 1.29 is 24.2 Å². The molecule has 120 valence electrons. The van der Waals surface area contributed by atoms with E-state index in [0.717, 1.165) is 5.76 Å². The van der Waals surface area contributed by atoms with Crippen LogP contribution >= 0.6 is 0 Å². The van der Waals surface area contributed by atoms with Gasteiger partial charge in [0.05, 0.1) is 24.8 Å². The van der Waals surface area contributed by atoms with Gasteiger partial charge in [0.15, 0.2) is 0 Å². The van der Waals surface area contributed by atoms with Gasteiger partial charge in [-0.25, -0.2) is 0 Å². The van der Waals surface area contributed by atoms with Crippen molar-refractivity contribution in [1.29, 1.82) is 0 Å². The quantitative estimate of drug-likeness (QED) is 0.777. The molecule has 1 aliphatic rings. The van der Waals surface area contributed by atoms with Crippen LogP contribution in [-0.2, 0) is 16.1 Å². The number of aliphatic hydroxyl groups is 2. The lowest BCUT2D eigenvalue weighted by Crippen LogP contribution is -2.38. The molecular weight excluding hydrogens is 286 g/mol. The van der Waals surface area contributed by atoms with E-state index in [1.165, 1.54) is 20.1 Å². The minimum absolute atomic E-state index is 0.0804.